The largest absolute Gasteiger partial charge is 0.0776 e. The molecule has 1 heteroatoms. The Labute approximate surface area is 63.5 Å². The van der Waals surface area contributed by atoms with Crippen molar-refractivity contribution in [3.8, 4) is 0 Å². The van der Waals surface area contributed by atoms with E-state index < -0.39 is 0 Å². The van der Waals surface area contributed by atoms with Crippen molar-refractivity contribution in [3.05, 3.63) is 0 Å². The quantitative estimate of drug-likeness (QED) is 0.475. The fourth-order valence-corrected chi connectivity index (χ4v) is 0. The Bertz CT molecular complexity index is 34.3. The first-order chi connectivity index (χ1) is 2.56. The summed E-state index contributed by atoms with van der Waals surface area (Å²) < 4.78 is 0. The van der Waals surface area contributed by atoms with Gasteiger partial charge in [0.2, 0.25) is 0 Å². The second-order valence-electron chi connectivity index (χ2n) is 2.34. The summed E-state index contributed by atoms with van der Waals surface area (Å²) in [5.74, 6) is 0. The van der Waals surface area contributed by atoms with Crippen LogP contribution >= 0.6 is 0 Å². The molecule has 0 rings (SSSR count). The standard InChI is InChI=1S/C5H11B.3CH4/c1-4-5(2,3)6;;;/h4H2,1-3H3;3*1H4. The van der Waals surface area contributed by atoms with Gasteiger partial charge in [0.05, 0.1) is 7.85 Å². The van der Waals surface area contributed by atoms with E-state index in [0.717, 1.165) is 6.42 Å². The highest BCUT2D eigenvalue weighted by Gasteiger charge is 2.02. The predicted molar refractivity (Wildman–Crippen MR) is 50.3 cm³/mol. The van der Waals surface area contributed by atoms with Crippen molar-refractivity contribution < 1.29 is 0 Å². The van der Waals surface area contributed by atoms with Crippen molar-refractivity contribution in [1.82, 2.24) is 0 Å². The molecule has 2 radical (unpaired) electrons. The highest BCUT2D eigenvalue weighted by Crippen LogP contribution is 2.21. The van der Waals surface area contributed by atoms with E-state index in [9.17, 15) is 0 Å². The van der Waals surface area contributed by atoms with Gasteiger partial charge in [-0.2, -0.15) is 0 Å². The predicted octanol–water partition coefficient (Wildman–Crippen LogP) is 3.67. The van der Waals surface area contributed by atoms with E-state index in [-0.39, 0.29) is 27.6 Å². The molecule has 0 aliphatic carbocycles. The number of hydrogen-bond donors (Lipinski definition) is 0. The molecule has 0 amide bonds. The van der Waals surface area contributed by atoms with E-state index in [4.69, 9.17) is 7.85 Å². The van der Waals surface area contributed by atoms with E-state index in [1.165, 1.54) is 0 Å². The average molecular weight is 130 g/mol. The van der Waals surface area contributed by atoms with Crippen LogP contribution in [0.1, 0.15) is 49.5 Å². The molecule has 0 nitrogen and oxygen atoms in total. The molecule has 0 saturated heterocycles. The highest BCUT2D eigenvalue weighted by atomic mass is 14.0. The number of rotatable bonds is 1. The minimum atomic E-state index is 0. The fraction of sp³-hybridized carbons (Fsp3) is 1.00. The molecule has 0 aromatic heterocycles. The molecular formula is C8H23B. The minimum Gasteiger partial charge on any atom is -0.0776 e. The zero-order valence-corrected chi connectivity index (χ0v) is 4.78. The lowest BCUT2D eigenvalue weighted by molar-refractivity contribution is 0.654. The van der Waals surface area contributed by atoms with E-state index in [0.29, 0.717) is 0 Å². The van der Waals surface area contributed by atoms with E-state index in [2.05, 4.69) is 6.92 Å². The normalized spacial score (nSPS) is 7.89. The fourth-order valence-electron chi connectivity index (χ4n) is 0. The third kappa shape index (κ3) is 31.6. The second-order valence-corrected chi connectivity index (χ2v) is 2.34. The van der Waals surface area contributed by atoms with E-state index in [1.54, 1.807) is 0 Å². The van der Waals surface area contributed by atoms with Gasteiger partial charge >= 0.3 is 0 Å². The first-order valence-electron chi connectivity index (χ1n) is 2.35. The summed E-state index contributed by atoms with van der Waals surface area (Å²) in [4.78, 5) is 0. The molecule has 0 spiro atoms. The molecule has 0 aromatic rings. The van der Waals surface area contributed by atoms with Crippen molar-refractivity contribution in [2.75, 3.05) is 0 Å². The molecule has 0 aliphatic heterocycles. The van der Waals surface area contributed by atoms with Gasteiger partial charge < -0.3 is 0 Å². The third-order valence-electron chi connectivity index (χ3n) is 0.911. The second kappa shape index (κ2) is 8.06. The molecule has 0 heterocycles. The Kier molecular flexibility index (Phi) is 20.6. The van der Waals surface area contributed by atoms with Crippen LogP contribution in [0.15, 0.2) is 0 Å². The summed E-state index contributed by atoms with van der Waals surface area (Å²) in [6.07, 6.45) is 1.05. The van der Waals surface area contributed by atoms with Gasteiger partial charge in [-0.05, 0) is 0 Å². The lowest BCUT2D eigenvalue weighted by Gasteiger charge is -2.13. The SMILES string of the molecule is C.C.C.[B]C(C)(C)CC. The molecular weight excluding hydrogens is 107 g/mol. The Morgan fingerprint density at radius 3 is 1.22 bits per heavy atom. The zero-order valence-electron chi connectivity index (χ0n) is 4.78. The van der Waals surface area contributed by atoms with E-state index >= 15 is 0 Å². The molecule has 0 saturated carbocycles. The van der Waals surface area contributed by atoms with Crippen LogP contribution in [0.2, 0.25) is 5.31 Å². The molecule has 0 atom stereocenters. The lowest BCUT2D eigenvalue weighted by atomic mass is 9.71. The van der Waals surface area contributed by atoms with Crippen LogP contribution in [0, 0.1) is 0 Å². The monoisotopic (exact) mass is 130 g/mol. The maximum Gasteiger partial charge on any atom is 0.0738 e. The molecule has 58 valence electrons. The zero-order chi connectivity index (χ0) is 5.21. The Morgan fingerprint density at radius 1 is 1.11 bits per heavy atom. The maximum atomic E-state index is 5.53. The van der Waals surface area contributed by atoms with Gasteiger partial charge in [-0.25, -0.2) is 0 Å². The van der Waals surface area contributed by atoms with E-state index in [1.807, 2.05) is 13.8 Å². The van der Waals surface area contributed by atoms with Gasteiger partial charge in [-0.15, -0.1) is 0 Å². The lowest BCUT2D eigenvalue weighted by Crippen LogP contribution is -1.97. The summed E-state index contributed by atoms with van der Waals surface area (Å²) >= 11 is 0. The van der Waals surface area contributed by atoms with Gasteiger partial charge in [-0.3, -0.25) is 0 Å². The molecule has 0 unspecified atom stereocenters. The van der Waals surface area contributed by atoms with Crippen LogP contribution in [0.3, 0.4) is 0 Å². The van der Waals surface area contributed by atoms with Gasteiger partial charge in [0, 0.05) is 0 Å². The molecule has 9 heavy (non-hydrogen) atoms. The van der Waals surface area contributed by atoms with Crippen LogP contribution < -0.4 is 0 Å². The van der Waals surface area contributed by atoms with Crippen LogP contribution in [0.5, 0.6) is 0 Å². The van der Waals surface area contributed by atoms with Crippen molar-refractivity contribution in [2.45, 2.75) is 54.8 Å². The van der Waals surface area contributed by atoms with Gasteiger partial charge in [0.15, 0.2) is 0 Å². The summed E-state index contributed by atoms with van der Waals surface area (Å²) in [5.41, 5.74) is 0. The van der Waals surface area contributed by atoms with Crippen LogP contribution in [0.25, 0.3) is 0 Å². The minimum absolute atomic E-state index is 0. The summed E-state index contributed by atoms with van der Waals surface area (Å²) in [6.45, 7) is 6.12. The Hall–Kier alpha value is 0.0649. The molecule has 0 bridgehead atoms. The summed E-state index contributed by atoms with van der Waals surface area (Å²) in [6, 6.07) is 0. The van der Waals surface area contributed by atoms with Gasteiger partial charge in [-0.1, -0.05) is 54.8 Å². The van der Waals surface area contributed by atoms with Crippen molar-refractivity contribution in [3.63, 3.8) is 0 Å². The van der Waals surface area contributed by atoms with Crippen molar-refractivity contribution in [2.24, 2.45) is 0 Å². The molecule has 0 aromatic carbocycles. The summed E-state index contributed by atoms with van der Waals surface area (Å²) in [5, 5.41) is 0.0417. The molecule has 0 aliphatic rings. The maximum absolute atomic E-state index is 5.53. The van der Waals surface area contributed by atoms with Crippen molar-refractivity contribution >= 4 is 7.85 Å². The average Bonchev–Trinajstić information content (AvgIpc) is 1.35. The van der Waals surface area contributed by atoms with Crippen LogP contribution in [-0.2, 0) is 0 Å². The number of hydrogen-bond acceptors (Lipinski definition) is 0. The van der Waals surface area contributed by atoms with Gasteiger partial charge in [0.1, 0.15) is 0 Å². The topological polar surface area (TPSA) is 0 Å². The smallest absolute Gasteiger partial charge is 0.0738 e. The van der Waals surface area contributed by atoms with Crippen LogP contribution in [-0.4, -0.2) is 7.85 Å². The Morgan fingerprint density at radius 2 is 1.22 bits per heavy atom. The molecule has 0 N–H and O–H groups in total. The molecule has 0 fully saturated rings. The van der Waals surface area contributed by atoms with Crippen LogP contribution in [0.4, 0.5) is 0 Å². The third-order valence-corrected chi connectivity index (χ3v) is 0.911. The van der Waals surface area contributed by atoms with Crippen molar-refractivity contribution in [1.29, 1.82) is 0 Å². The Balaban J connectivity index is -0.0000000417. The first-order valence-corrected chi connectivity index (χ1v) is 2.35. The highest BCUT2D eigenvalue weighted by molar-refractivity contribution is 6.14. The van der Waals surface area contributed by atoms with Gasteiger partial charge in [0.25, 0.3) is 0 Å². The first kappa shape index (κ1) is 23.0. The summed E-state index contributed by atoms with van der Waals surface area (Å²) in [7, 11) is 5.53.